The first-order chi connectivity index (χ1) is 9.74. The van der Waals surface area contributed by atoms with E-state index in [2.05, 4.69) is 42.3 Å². The van der Waals surface area contributed by atoms with E-state index in [9.17, 15) is 5.11 Å². The lowest BCUT2D eigenvalue weighted by Gasteiger charge is -2.27. The topological polar surface area (TPSA) is 35.5 Å². The summed E-state index contributed by atoms with van der Waals surface area (Å²) in [5, 5.41) is 12.9. The van der Waals surface area contributed by atoms with E-state index < -0.39 is 0 Å². The van der Waals surface area contributed by atoms with Gasteiger partial charge in [0.1, 0.15) is 0 Å². The number of anilines is 1. The molecule has 0 amide bonds. The average Bonchev–Trinajstić information content (AvgIpc) is 3.26. The van der Waals surface area contributed by atoms with Gasteiger partial charge in [0.15, 0.2) is 0 Å². The van der Waals surface area contributed by atoms with Gasteiger partial charge in [0.05, 0.1) is 6.61 Å². The van der Waals surface area contributed by atoms with Crippen molar-refractivity contribution in [3.8, 4) is 0 Å². The molecule has 0 heterocycles. The molecule has 1 fully saturated rings. The SMILES string of the molecule is CCCCN(CCO)c1ccc(C)cc1CNC1CC1. The third kappa shape index (κ3) is 4.50. The Balaban J connectivity index is 2.11. The van der Waals surface area contributed by atoms with E-state index in [1.165, 1.54) is 42.5 Å². The Hall–Kier alpha value is -1.06. The number of aryl methyl sites for hydroxylation is 1. The summed E-state index contributed by atoms with van der Waals surface area (Å²) < 4.78 is 0. The molecule has 0 spiro atoms. The molecule has 0 radical (unpaired) electrons. The maximum Gasteiger partial charge on any atom is 0.0606 e. The maximum absolute atomic E-state index is 9.31. The van der Waals surface area contributed by atoms with Gasteiger partial charge in [-0.15, -0.1) is 0 Å². The Morgan fingerprint density at radius 1 is 1.30 bits per heavy atom. The van der Waals surface area contributed by atoms with Crippen LogP contribution < -0.4 is 10.2 Å². The van der Waals surface area contributed by atoms with Crippen molar-refractivity contribution in [2.45, 2.75) is 52.1 Å². The molecule has 0 aliphatic heterocycles. The van der Waals surface area contributed by atoms with Crippen LogP contribution in [-0.4, -0.2) is 30.8 Å². The molecule has 20 heavy (non-hydrogen) atoms. The molecule has 3 nitrogen and oxygen atoms in total. The Bertz CT molecular complexity index is 415. The van der Waals surface area contributed by atoms with E-state index in [0.29, 0.717) is 0 Å². The summed E-state index contributed by atoms with van der Waals surface area (Å²) in [5.74, 6) is 0. The van der Waals surface area contributed by atoms with Crippen molar-refractivity contribution < 1.29 is 5.11 Å². The second-order valence-corrected chi connectivity index (χ2v) is 5.85. The summed E-state index contributed by atoms with van der Waals surface area (Å²) in [6.07, 6.45) is 4.99. The smallest absolute Gasteiger partial charge is 0.0606 e. The predicted octanol–water partition coefficient (Wildman–Crippen LogP) is 2.85. The summed E-state index contributed by atoms with van der Waals surface area (Å²) in [7, 11) is 0. The van der Waals surface area contributed by atoms with Crippen LogP contribution in [0.15, 0.2) is 18.2 Å². The van der Waals surface area contributed by atoms with Gasteiger partial charge in [0, 0.05) is 31.4 Å². The molecule has 3 heteroatoms. The number of hydrogen-bond donors (Lipinski definition) is 2. The number of nitrogens with zero attached hydrogens (tertiary/aromatic N) is 1. The number of benzene rings is 1. The van der Waals surface area contributed by atoms with Crippen LogP contribution in [-0.2, 0) is 6.54 Å². The summed E-state index contributed by atoms with van der Waals surface area (Å²) >= 11 is 0. The van der Waals surface area contributed by atoms with E-state index in [0.717, 1.165) is 25.7 Å². The van der Waals surface area contributed by atoms with E-state index in [1.807, 2.05) is 0 Å². The second-order valence-electron chi connectivity index (χ2n) is 5.85. The number of rotatable bonds is 9. The standard InChI is InChI=1S/C17H28N2O/c1-3-4-9-19(10-11-20)17-8-5-14(2)12-15(17)13-18-16-6-7-16/h5,8,12,16,18,20H,3-4,6-7,9-11,13H2,1-2H3. The fourth-order valence-corrected chi connectivity index (χ4v) is 2.53. The van der Waals surface area contributed by atoms with Gasteiger partial charge < -0.3 is 15.3 Å². The maximum atomic E-state index is 9.31. The molecule has 1 aliphatic carbocycles. The molecule has 0 bridgehead atoms. The van der Waals surface area contributed by atoms with Crippen LogP contribution in [0.25, 0.3) is 0 Å². The second kappa shape index (κ2) is 7.65. The summed E-state index contributed by atoms with van der Waals surface area (Å²) in [6, 6.07) is 7.39. The van der Waals surface area contributed by atoms with Gasteiger partial charge in [0.2, 0.25) is 0 Å². The zero-order chi connectivity index (χ0) is 14.4. The van der Waals surface area contributed by atoms with Crippen LogP contribution in [0, 0.1) is 6.92 Å². The molecule has 2 N–H and O–H groups in total. The third-order valence-electron chi connectivity index (χ3n) is 3.89. The molecule has 1 saturated carbocycles. The van der Waals surface area contributed by atoms with Gasteiger partial charge in [-0.1, -0.05) is 31.0 Å². The fourth-order valence-electron chi connectivity index (χ4n) is 2.53. The number of aliphatic hydroxyl groups is 1. The molecule has 0 unspecified atom stereocenters. The van der Waals surface area contributed by atoms with E-state index >= 15 is 0 Å². The number of nitrogens with one attached hydrogen (secondary N) is 1. The Morgan fingerprint density at radius 2 is 2.10 bits per heavy atom. The first-order valence-corrected chi connectivity index (χ1v) is 7.93. The molecule has 0 atom stereocenters. The molecule has 0 aromatic heterocycles. The Labute approximate surface area is 123 Å². The van der Waals surface area contributed by atoms with Gasteiger partial charge in [0.25, 0.3) is 0 Å². The molecule has 112 valence electrons. The fraction of sp³-hybridized carbons (Fsp3) is 0.647. The Kier molecular flexibility index (Phi) is 5.86. The van der Waals surface area contributed by atoms with Crippen molar-refractivity contribution in [3.63, 3.8) is 0 Å². The van der Waals surface area contributed by atoms with Crippen LogP contribution in [0.2, 0.25) is 0 Å². The molecular weight excluding hydrogens is 248 g/mol. The van der Waals surface area contributed by atoms with Crippen molar-refractivity contribution in [2.24, 2.45) is 0 Å². The molecule has 2 rings (SSSR count). The van der Waals surface area contributed by atoms with Crippen molar-refractivity contribution in [2.75, 3.05) is 24.6 Å². The van der Waals surface area contributed by atoms with Crippen LogP contribution >= 0.6 is 0 Å². The lowest BCUT2D eigenvalue weighted by atomic mass is 10.1. The predicted molar refractivity (Wildman–Crippen MR) is 85.2 cm³/mol. The van der Waals surface area contributed by atoms with Crippen LogP contribution in [0.5, 0.6) is 0 Å². The van der Waals surface area contributed by atoms with Crippen molar-refractivity contribution in [1.82, 2.24) is 5.32 Å². The minimum atomic E-state index is 0.215. The lowest BCUT2D eigenvalue weighted by Crippen LogP contribution is -2.29. The minimum absolute atomic E-state index is 0.215. The molecule has 1 aromatic carbocycles. The van der Waals surface area contributed by atoms with E-state index in [1.54, 1.807) is 0 Å². The monoisotopic (exact) mass is 276 g/mol. The van der Waals surface area contributed by atoms with Crippen LogP contribution in [0.1, 0.15) is 43.7 Å². The van der Waals surface area contributed by atoms with Gasteiger partial charge in [-0.25, -0.2) is 0 Å². The lowest BCUT2D eigenvalue weighted by molar-refractivity contribution is 0.301. The normalized spacial score (nSPS) is 14.6. The van der Waals surface area contributed by atoms with Gasteiger partial charge in [-0.3, -0.25) is 0 Å². The average molecular weight is 276 g/mol. The van der Waals surface area contributed by atoms with Gasteiger partial charge in [-0.2, -0.15) is 0 Å². The van der Waals surface area contributed by atoms with Gasteiger partial charge >= 0.3 is 0 Å². The largest absolute Gasteiger partial charge is 0.395 e. The highest BCUT2D eigenvalue weighted by atomic mass is 16.3. The van der Waals surface area contributed by atoms with E-state index in [4.69, 9.17) is 0 Å². The highest BCUT2D eigenvalue weighted by Gasteiger charge is 2.21. The highest BCUT2D eigenvalue weighted by molar-refractivity contribution is 5.55. The minimum Gasteiger partial charge on any atom is -0.395 e. The number of unbranched alkanes of at least 4 members (excludes halogenated alkanes) is 1. The first kappa shape index (κ1) is 15.3. The molecular formula is C17H28N2O. The van der Waals surface area contributed by atoms with E-state index in [-0.39, 0.29) is 6.61 Å². The van der Waals surface area contributed by atoms with Crippen LogP contribution in [0.3, 0.4) is 0 Å². The summed E-state index contributed by atoms with van der Waals surface area (Å²) in [4.78, 5) is 2.33. The Morgan fingerprint density at radius 3 is 2.75 bits per heavy atom. The molecule has 1 aromatic rings. The van der Waals surface area contributed by atoms with Crippen LogP contribution in [0.4, 0.5) is 5.69 Å². The van der Waals surface area contributed by atoms with Crippen molar-refractivity contribution in [3.05, 3.63) is 29.3 Å². The summed E-state index contributed by atoms with van der Waals surface area (Å²) in [5.41, 5.74) is 3.95. The first-order valence-electron chi connectivity index (χ1n) is 7.93. The number of aliphatic hydroxyl groups excluding tert-OH is 1. The molecule has 0 saturated heterocycles. The van der Waals surface area contributed by atoms with Crippen molar-refractivity contribution in [1.29, 1.82) is 0 Å². The molecule has 1 aliphatic rings. The van der Waals surface area contributed by atoms with Gasteiger partial charge in [-0.05, 0) is 37.8 Å². The third-order valence-corrected chi connectivity index (χ3v) is 3.89. The number of hydrogen-bond acceptors (Lipinski definition) is 3. The zero-order valence-corrected chi connectivity index (χ0v) is 12.9. The summed E-state index contributed by atoms with van der Waals surface area (Å²) in [6.45, 7) is 7.26. The van der Waals surface area contributed by atoms with Crippen molar-refractivity contribution >= 4 is 5.69 Å². The quantitative estimate of drug-likeness (QED) is 0.728. The zero-order valence-electron chi connectivity index (χ0n) is 12.9. The highest BCUT2D eigenvalue weighted by Crippen LogP contribution is 2.25.